The van der Waals surface area contributed by atoms with E-state index in [2.05, 4.69) is 0 Å². The van der Waals surface area contributed by atoms with Crippen LogP contribution in [0.25, 0.3) is 0 Å². The van der Waals surface area contributed by atoms with Crippen molar-refractivity contribution in [3.63, 3.8) is 0 Å². The number of anilines is 1. The first-order valence-corrected chi connectivity index (χ1v) is 8.25. The van der Waals surface area contributed by atoms with Crippen molar-refractivity contribution in [3.8, 4) is 0 Å². The summed E-state index contributed by atoms with van der Waals surface area (Å²) >= 11 is 5.81. The molecule has 1 aromatic rings. The minimum absolute atomic E-state index is 0.141. The highest BCUT2D eigenvalue weighted by Crippen LogP contribution is 2.22. The third-order valence-electron chi connectivity index (χ3n) is 2.85. The molecule has 0 saturated carbocycles. The van der Waals surface area contributed by atoms with Crippen LogP contribution < -0.4 is 4.90 Å². The second-order valence-electron chi connectivity index (χ2n) is 4.75. The lowest BCUT2D eigenvalue weighted by Gasteiger charge is -2.29. The van der Waals surface area contributed by atoms with E-state index in [0.29, 0.717) is 10.7 Å². The molecule has 0 aromatic heterocycles. The lowest BCUT2D eigenvalue weighted by molar-refractivity contribution is -0.118. The van der Waals surface area contributed by atoms with E-state index in [4.69, 9.17) is 11.6 Å². The van der Waals surface area contributed by atoms with Gasteiger partial charge in [-0.15, -0.1) is 0 Å². The number of halogens is 1. The van der Waals surface area contributed by atoms with E-state index >= 15 is 0 Å². The highest BCUT2D eigenvalue weighted by molar-refractivity contribution is 7.92. The lowest BCUT2D eigenvalue weighted by atomic mass is 10.2. The van der Waals surface area contributed by atoms with Gasteiger partial charge in [0.2, 0.25) is 5.91 Å². The van der Waals surface area contributed by atoms with Crippen molar-refractivity contribution in [3.05, 3.63) is 29.3 Å². The molecule has 0 N–H and O–H groups in total. The molecule has 0 aliphatic heterocycles. The van der Waals surface area contributed by atoms with E-state index in [1.165, 1.54) is 11.8 Å². The molecule has 6 heteroatoms. The van der Waals surface area contributed by atoms with Crippen LogP contribution in [0.3, 0.4) is 0 Å². The van der Waals surface area contributed by atoms with Gasteiger partial charge in [0.1, 0.15) is 5.25 Å². The summed E-state index contributed by atoms with van der Waals surface area (Å²) in [5, 5.41) is -0.498. The molecule has 0 saturated heterocycles. The predicted molar refractivity (Wildman–Crippen MR) is 78.4 cm³/mol. The van der Waals surface area contributed by atoms with Crippen LogP contribution >= 0.6 is 11.6 Å². The maximum absolute atomic E-state index is 12.3. The second-order valence-corrected chi connectivity index (χ2v) is 7.55. The van der Waals surface area contributed by atoms with Gasteiger partial charge in [-0.1, -0.05) is 11.6 Å². The average molecular weight is 304 g/mol. The summed E-state index contributed by atoms with van der Waals surface area (Å²) < 4.78 is 23.0. The van der Waals surface area contributed by atoms with Gasteiger partial charge in [0, 0.05) is 23.0 Å². The van der Waals surface area contributed by atoms with Gasteiger partial charge in [-0.2, -0.15) is 0 Å². The number of carbonyl (C=O) groups excluding carboxylic acids is 1. The van der Waals surface area contributed by atoms with Gasteiger partial charge >= 0.3 is 0 Å². The summed E-state index contributed by atoms with van der Waals surface area (Å²) in [6.07, 6.45) is 1.07. The maximum Gasteiger partial charge on any atom is 0.245 e. The fourth-order valence-electron chi connectivity index (χ4n) is 1.66. The number of rotatable bonds is 4. The Bertz CT molecular complexity index is 552. The summed E-state index contributed by atoms with van der Waals surface area (Å²) in [4.78, 5) is 13.8. The minimum Gasteiger partial charge on any atom is -0.309 e. The van der Waals surface area contributed by atoms with E-state index in [1.807, 2.05) is 13.8 Å². The molecular weight excluding hydrogens is 286 g/mol. The Labute approximate surface area is 119 Å². The summed E-state index contributed by atoms with van der Waals surface area (Å²) in [6, 6.07) is 6.61. The summed E-state index contributed by atoms with van der Waals surface area (Å²) in [6.45, 7) is 5.08. The van der Waals surface area contributed by atoms with Crippen molar-refractivity contribution >= 4 is 33.0 Å². The SMILES string of the molecule is CC(C)N(C(=O)[C@@H](C)S(C)(=O)=O)c1ccc(Cl)cc1. The zero-order valence-electron chi connectivity index (χ0n) is 11.4. The van der Waals surface area contributed by atoms with Gasteiger partial charge < -0.3 is 4.90 Å². The van der Waals surface area contributed by atoms with Gasteiger partial charge in [0.25, 0.3) is 0 Å². The number of nitrogens with zero attached hydrogens (tertiary/aromatic N) is 1. The molecule has 1 aromatic carbocycles. The third kappa shape index (κ3) is 3.94. The van der Waals surface area contributed by atoms with Crippen LogP contribution in [0.4, 0.5) is 5.69 Å². The minimum atomic E-state index is -3.41. The van der Waals surface area contributed by atoms with Gasteiger partial charge in [0.05, 0.1) is 0 Å². The van der Waals surface area contributed by atoms with Gasteiger partial charge in [-0.05, 0) is 45.0 Å². The van der Waals surface area contributed by atoms with E-state index in [9.17, 15) is 13.2 Å². The zero-order valence-corrected chi connectivity index (χ0v) is 13.0. The number of benzene rings is 1. The molecule has 4 nitrogen and oxygen atoms in total. The number of amides is 1. The van der Waals surface area contributed by atoms with Crippen molar-refractivity contribution in [1.29, 1.82) is 0 Å². The Kier molecular flexibility index (Phi) is 4.98. The smallest absolute Gasteiger partial charge is 0.245 e. The Morgan fingerprint density at radius 1 is 1.16 bits per heavy atom. The Balaban J connectivity index is 3.15. The molecule has 0 spiro atoms. The Morgan fingerprint density at radius 3 is 2.00 bits per heavy atom. The van der Waals surface area contributed by atoms with Crippen molar-refractivity contribution in [1.82, 2.24) is 0 Å². The molecule has 1 amide bonds. The first kappa shape index (κ1) is 16.0. The van der Waals surface area contributed by atoms with Crippen LogP contribution in [0.2, 0.25) is 5.02 Å². The number of sulfone groups is 1. The van der Waals surface area contributed by atoms with Crippen molar-refractivity contribution in [2.45, 2.75) is 32.1 Å². The van der Waals surface area contributed by atoms with Crippen LogP contribution in [-0.2, 0) is 14.6 Å². The van der Waals surface area contributed by atoms with Crippen molar-refractivity contribution in [2.24, 2.45) is 0 Å². The number of hydrogen-bond donors (Lipinski definition) is 0. The second kappa shape index (κ2) is 5.92. The van der Waals surface area contributed by atoms with Crippen molar-refractivity contribution in [2.75, 3.05) is 11.2 Å². The largest absolute Gasteiger partial charge is 0.309 e. The van der Waals surface area contributed by atoms with Crippen LogP contribution in [0.15, 0.2) is 24.3 Å². The van der Waals surface area contributed by atoms with E-state index in [0.717, 1.165) is 6.26 Å². The summed E-state index contributed by atoms with van der Waals surface area (Å²) in [5.41, 5.74) is 0.639. The third-order valence-corrected chi connectivity index (χ3v) is 4.59. The monoisotopic (exact) mass is 303 g/mol. The summed E-state index contributed by atoms with van der Waals surface area (Å²) in [7, 11) is -3.41. The van der Waals surface area contributed by atoms with Crippen molar-refractivity contribution < 1.29 is 13.2 Å². The first-order valence-electron chi connectivity index (χ1n) is 5.92. The number of carbonyl (C=O) groups is 1. The summed E-state index contributed by atoms with van der Waals surface area (Å²) in [5.74, 6) is -0.431. The molecular formula is C13H18ClNO3S. The molecule has 0 heterocycles. The van der Waals surface area contributed by atoms with E-state index in [-0.39, 0.29) is 6.04 Å². The normalized spacial score (nSPS) is 13.4. The Morgan fingerprint density at radius 2 is 1.63 bits per heavy atom. The maximum atomic E-state index is 12.3. The van der Waals surface area contributed by atoms with Crippen LogP contribution in [0.1, 0.15) is 20.8 Å². The molecule has 0 aliphatic carbocycles. The molecule has 106 valence electrons. The average Bonchev–Trinajstić information content (AvgIpc) is 2.29. The highest BCUT2D eigenvalue weighted by atomic mass is 35.5. The van der Waals surface area contributed by atoms with Crippen LogP contribution in [-0.4, -0.2) is 31.9 Å². The van der Waals surface area contributed by atoms with E-state index < -0.39 is 21.0 Å². The first-order chi connectivity index (χ1) is 8.64. The topological polar surface area (TPSA) is 54.5 Å². The molecule has 1 atom stereocenters. The molecule has 0 fully saturated rings. The standard InChI is InChI=1S/C13H18ClNO3S/c1-9(2)15(12-7-5-11(14)6-8-12)13(16)10(3)19(4,17)18/h5-10H,1-4H3/t10-/m1/s1. The van der Waals surface area contributed by atoms with E-state index in [1.54, 1.807) is 24.3 Å². The quantitative estimate of drug-likeness (QED) is 0.859. The fraction of sp³-hybridized carbons (Fsp3) is 0.462. The van der Waals surface area contributed by atoms with Crippen LogP contribution in [0, 0.1) is 0 Å². The number of hydrogen-bond acceptors (Lipinski definition) is 3. The predicted octanol–water partition coefficient (Wildman–Crippen LogP) is 2.51. The van der Waals surface area contributed by atoms with Crippen LogP contribution in [0.5, 0.6) is 0 Å². The molecule has 0 aliphatic rings. The van der Waals surface area contributed by atoms with Gasteiger partial charge in [-0.25, -0.2) is 8.42 Å². The molecule has 0 unspecified atom stereocenters. The molecule has 0 bridgehead atoms. The Hall–Kier alpha value is -1.07. The van der Waals surface area contributed by atoms with Gasteiger partial charge in [0.15, 0.2) is 9.84 Å². The zero-order chi connectivity index (χ0) is 14.8. The molecule has 1 rings (SSSR count). The fourth-order valence-corrected chi connectivity index (χ4v) is 2.27. The lowest BCUT2D eigenvalue weighted by Crippen LogP contribution is -2.45. The molecule has 0 radical (unpaired) electrons. The van der Waals surface area contributed by atoms with Gasteiger partial charge in [-0.3, -0.25) is 4.79 Å². The molecule has 19 heavy (non-hydrogen) atoms. The highest BCUT2D eigenvalue weighted by Gasteiger charge is 2.30.